The molecular weight excluding hydrogens is 198 g/mol. The molecule has 0 saturated heterocycles. The molecule has 0 bridgehead atoms. The Morgan fingerprint density at radius 2 is 1.94 bits per heavy atom. The van der Waals surface area contributed by atoms with Crippen molar-refractivity contribution in [3.8, 4) is 0 Å². The molecule has 0 aliphatic heterocycles. The molecular formula is C14H21NO. The highest BCUT2D eigenvalue weighted by Crippen LogP contribution is 2.18. The van der Waals surface area contributed by atoms with Gasteiger partial charge < -0.3 is 5.73 Å². The Morgan fingerprint density at radius 1 is 1.25 bits per heavy atom. The van der Waals surface area contributed by atoms with Crippen molar-refractivity contribution in [3.05, 3.63) is 35.9 Å². The maximum absolute atomic E-state index is 12.0. The van der Waals surface area contributed by atoms with Gasteiger partial charge in [-0.25, -0.2) is 0 Å². The molecule has 2 N–H and O–H groups in total. The molecule has 1 aromatic rings. The molecule has 1 rings (SSSR count). The Hall–Kier alpha value is -1.15. The van der Waals surface area contributed by atoms with Gasteiger partial charge >= 0.3 is 0 Å². The van der Waals surface area contributed by atoms with Gasteiger partial charge in [0.05, 0.1) is 5.92 Å². The number of carbonyl (C=O) groups excluding carboxylic acids is 1. The third-order valence-corrected chi connectivity index (χ3v) is 2.85. The minimum atomic E-state index is -0.113. The summed E-state index contributed by atoms with van der Waals surface area (Å²) in [5, 5.41) is 0. The smallest absolute Gasteiger partial charge is 0.141 e. The largest absolute Gasteiger partial charge is 0.329 e. The van der Waals surface area contributed by atoms with Crippen LogP contribution in [0.1, 0.15) is 44.1 Å². The molecule has 0 aliphatic rings. The highest BCUT2D eigenvalue weighted by atomic mass is 16.1. The Bertz CT molecular complexity index is 308. The number of hydrogen-bond donors (Lipinski definition) is 1. The third-order valence-electron chi connectivity index (χ3n) is 2.85. The summed E-state index contributed by atoms with van der Waals surface area (Å²) in [6.45, 7) is 2.55. The van der Waals surface area contributed by atoms with Crippen molar-refractivity contribution in [1.29, 1.82) is 0 Å². The van der Waals surface area contributed by atoms with E-state index in [9.17, 15) is 4.79 Å². The number of hydrogen-bond acceptors (Lipinski definition) is 2. The molecule has 0 fully saturated rings. The maximum Gasteiger partial charge on any atom is 0.141 e. The number of unbranched alkanes of at least 4 members (excludes halogenated alkanes) is 2. The summed E-state index contributed by atoms with van der Waals surface area (Å²) in [7, 11) is 0. The van der Waals surface area contributed by atoms with Crippen LogP contribution in [0.4, 0.5) is 0 Å². The van der Waals surface area contributed by atoms with Crippen molar-refractivity contribution in [2.45, 2.75) is 38.5 Å². The summed E-state index contributed by atoms with van der Waals surface area (Å²) in [5.41, 5.74) is 6.74. The number of nitrogens with two attached hydrogens (primary N) is 1. The predicted molar refractivity (Wildman–Crippen MR) is 67.4 cm³/mol. The number of rotatable bonds is 7. The van der Waals surface area contributed by atoms with Gasteiger partial charge in [0, 0.05) is 13.0 Å². The maximum atomic E-state index is 12.0. The summed E-state index contributed by atoms with van der Waals surface area (Å²) < 4.78 is 0. The Kier molecular flexibility index (Phi) is 5.79. The van der Waals surface area contributed by atoms with E-state index in [0.717, 1.165) is 24.8 Å². The zero-order valence-electron chi connectivity index (χ0n) is 9.99. The molecule has 1 aromatic carbocycles. The van der Waals surface area contributed by atoms with Crippen LogP contribution in [0.25, 0.3) is 0 Å². The van der Waals surface area contributed by atoms with Crippen molar-refractivity contribution in [2.24, 2.45) is 5.73 Å². The number of carbonyl (C=O) groups is 1. The van der Waals surface area contributed by atoms with E-state index in [1.807, 2.05) is 30.3 Å². The second-order valence-corrected chi connectivity index (χ2v) is 4.12. The van der Waals surface area contributed by atoms with Crippen molar-refractivity contribution in [3.63, 3.8) is 0 Å². The molecule has 0 radical (unpaired) electrons. The molecule has 0 aromatic heterocycles. The monoisotopic (exact) mass is 219 g/mol. The lowest BCUT2D eigenvalue weighted by Crippen LogP contribution is -2.21. The van der Waals surface area contributed by atoms with Crippen LogP contribution in [0, 0.1) is 0 Å². The van der Waals surface area contributed by atoms with Crippen molar-refractivity contribution in [1.82, 2.24) is 0 Å². The predicted octanol–water partition coefficient (Wildman–Crippen LogP) is 2.88. The minimum absolute atomic E-state index is 0.113. The molecule has 2 heteroatoms. The topological polar surface area (TPSA) is 43.1 Å². The number of Topliss-reactive ketones (excluding diaryl/α,β-unsaturated/α-hetero) is 1. The van der Waals surface area contributed by atoms with Gasteiger partial charge in [0.15, 0.2) is 0 Å². The molecule has 0 heterocycles. The molecule has 1 atom stereocenters. The average molecular weight is 219 g/mol. The van der Waals surface area contributed by atoms with Gasteiger partial charge in [0.25, 0.3) is 0 Å². The molecule has 0 spiro atoms. The number of benzene rings is 1. The molecule has 0 amide bonds. The van der Waals surface area contributed by atoms with E-state index in [1.165, 1.54) is 0 Å². The van der Waals surface area contributed by atoms with Crippen LogP contribution in [0.15, 0.2) is 30.3 Å². The van der Waals surface area contributed by atoms with E-state index in [-0.39, 0.29) is 11.7 Å². The number of ketones is 1. The Balaban J connectivity index is 2.57. The summed E-state index contributed by atoms with van der Waals surface area (Å²) in [6, 6.07) is 9.83. The first-order chi connectivity index (χ1) is 7.79. The first-order valence-corrected chi connectivity index (χ1v) is 6.07. The van der Waals surface area contributed by atoms with Gasteiger partial charge in [-0.05, 0) is 12.0 Å². The van der Waals surface area contributed by atoms with Crippen LogP contribution in [-0.4, -0.2) is 12.3 Å². The van der Waals surface area contributed by atoms with Gasteiger partial charge in [-0.1, -0.05) is 50.1 Å². The zero-order chi connectivity index (χ0) is 11.8. The first-order valence-electron chi connectivity index (χ1n) is 6.07. The van der Waals surface area contributed by atoms with Gasteiger partial charge in [0.2, 0.25) is 0 Å². The minimum Gasteiger partial charge on any atom is -0.329 e. The lowest BCUT2D eigenvalue weighted by molar-refractivity contribution is -0.120. The van der Waals surface area contributed by atoms with E-state index < -0.39 is 0 Å². The molecule has 1 unspecified atom stereocenters. The van der Waals surface area contributed by atoms with Crippen LogP contribution < -0.4 is 5.73 Å². The van der Waals surface area contributed by atoms with Crippen LogP contribution >= 0.6 is 0 Å². The molecule has 0 saturated carbocycles. The van der Waals surface area contributed by atoms with Crippen molar-refractivity contribution >= 4 is 5.78 Å². The Labute approximate surface area is 97.9 Å². The fourth-order valence-corrected chi connectivity index (χ4v) is 1.86. The third kappa shape index (κ3) is 3.78. The summed E-state index contributed by atoms with van der Waals surface area (Å²) in [5.74, 6) is 0.167. The second kappa shape index (κ2) is 7.18. The highest BCUT2D eigenvalue weighted by molar-refractivity contribution is 5.85. The van der Waals surface area contributed by atoms with E-state index in [4.69, 9.17) is 5.73 Å². The first kappa shape index (κ1) is 12.9. The molecule has 2 nitrogen and oxygen atoms in total. The van der Waals surface area contributed by atoms with Crippen molar-refractivity contribution < 1.29 is 4.79 Å². The molecule has 0 aliphatic carbocycles. The van der Waals surface area contributed by atoms with Crippen LogP contribution in [0.5, 0.6) is 0 Å². The summed E-state index contributed by atoms with van der Waals surface area (Å²) >= 11 is 0. The van der Waals surface area contributed by atoms with Crippen molar-refractivity contribution in [2.75, 3.05) is 6.54 Å². The summed E-state index contributed by atoms with van der Waals surface area (Å²) in [4.78, 5) is 12.0. The lowest BCUT2D eigenvalue weighted by Gasteiger charge is -2.13. The standard InChI is InChI=1S/C14H21NO/c1-2-3-5-10-14(16)13(11-15)12-8-6-4-7-9-12/h4,6-9,13H,2-3,5,10-11,15H2,1H3. The average Bonchev–Trinajstić information content (AvgIpc) is 2.32. The van der Waals surface area contributed by atoms with Crippen LogP contribution in [0.3, 0.4) is 0 Å². The van der Waals surface area contributed by atoms with Crippen LogP contribution in [-0.2, 0) is 4.79 Å². The normalized spacial score (nSPS) is 12.4. The zero-order valence-corrected chi connectivity index (χ0v) is 9.99. The summed E-state index contributed by atoms with van der Waals surface area (Å²) in [6.07, 6.45) is 3.91. The molecule has 16 heavy (non-hydrogen) atoms. The quantitative estimate of drug-likeness (QED) is 0.716. The van der Waals surface area contributed by atoms with E-state index in [2.05, 4.69) is 6.92 Å². The van der Waals surface area contributed by atoms with Crippen LogP contribution in [0.2, 0.25) is 0 Å². The lowest BCUT2D eigenvalue weighted by atomic mass is 9.92. The second-order valence-electron chi connectivity index (χ2n) is 4.12. The fourth-order valence-electron chi connectivity index (χ4n) is 1.86. The van der Waals surface area contributed by atoms with E-state index in [1.54, 1.807) is 0 Å². The van der Waals surface area contributed by atoms with E-state index in [0.29, 0.717) is 13.0 Å². The van der Waals surface area contributed by atoms with Gasteiger partial charge in [-0.3, -0.25) is 4.79 Å². The van der Waals surface area contributed by atoms with Gasteiger partial charge in [0.1, 0.15) is 5.78 Å². The fraction of sp³-hybridized carbons (Fsp3) is 0.500. The highest BCUT2D eigenvalue weighted by Gasteiger charge is 2.17. The Morgan fingerprint density at radius 3 is 2.50 bits per heavy atom. The SMILES string of the molecule is CCCCCC(=O)C(CN)c1ccccc1. The van der Waals surface area contributed by atoms with E-state index >= 15 is 0 Å². The van der Waals surface area contributed by atoms with Gasteiger partial charge in [-0.15, -0.1) is 0 Å². The van der Waals surface area contributed by atoms with Gasteiger partial charge in [-0.2, -0.15) is 0 Å². The molecule has 88 valence electrons.